The maximum Gasteiger partial charge on any atom is 0.306 e. The van der Waals surface area contributed by atoms with Gasteiger partial charge in [0.2, 0.25) is 0 Å². The van der Waals surface area contributed by atoms with E-state index in [1.165, 1.54) is 41.1 Å². The van der Waals surface area contributed by atoms with Crippen molar-refractivity contribution >= 4 is 40.6 Å². The Balaban J connectivity index is 1.50. The highest BCUT2D eigenvalue weighted by Crippen LogP contribution is 2.35. The molecule has 0 radical (unpaired) electrons. The van der Waals surface area contributed by atoms with Crippen molar-refractivity contribution in [3.8, 4) is 0 Å². The molecule has 1 saturated heterocycles. The van der Waals surface area contributed by atoms with Crippen molar-refractivity contribution in [2.45, 2.75) is 48.2 Å². The van der Waals surface area contributed by atoms with Crippen molar-refractivity contribution in [3.05, 3.63) is 52.6 Å². The molecule has 36 heavy (non-hydrogen) atoms. The average molecular weight is 519 g/mol. The fourth-order valence-corrected chi connectivity index (χ4v) is 4.55. The molecule has 0 amide bonds. The third-order valence-corrected chi connectivity index (χ3v) is 6.47. The standard InChI is InChI=1S/C21H21N5O9S/c27-7-13-18(35-15(30)6-5-14(28)29)17(31)21(34-13)25-10-24-16-19(25)22-9-23-20(16)36-8-11-1-3-12(4-2-11)26(32)33/h1-4,9-10,13,17-18,21,27,31H,5-8H2,(H,28,29)/t13-,17-,18-,21-/m1/s1. The van der Waals surface area contributed by atoms with Crippen LogP contribution in [0.2, 0.25) is 0 Å². The molecule has 0 unspecified atom stereocenters. The van der Waals surface area contributed by atoms with Crippen molar-refractivity contribution in [2.75, 3.05) is 6.61 Å². The van der Waals surface area contributed by atoms with Crippen LogP contribution in [0.5, 0.6) is 0 Å². The summed E-state index contributed by atoms with van der Waals surface area (Å²) in [5.41, 5.74) is 1.58. The summed E-state index contributed by atoms with van der Waals surface area (Å²) in [6.07, 6.45) is -2.88. The first-order chi connectivity index (χ1) is 17.3. The van der Waals surface area contributed by atoms with Crippen LogP contribution in [0.4, 0.5) is 5.69 Å². The molecule has 1 aromatic carbocycles. The SMILES string of the molecule is O=C(O)CCC(=O)O[C@H]1[C@@H](O)[C@H](n2cnc3c(SCc4ccc([N+](=O)[O-])cc4)ncnc32)O[C@@H]1CO. The van der Waals surface area contributed by atoms with Crippen molar-refractivity contribution in [3.63, 3.8) is 0 Å². The first-order valence-corrected chi connectivity index (χ1v) is 11.7. The zero-order valence-electron chi connectivity index (χ0n) is 18.5. The number of hydrogen-bond donors (Lipinski definition) is 3. The molecule has 0 saturated carbocycles. The van der Waals surface area contributed by atoms with Crippen LogP contribution in [0, 0.1) is 10.1 Å². The van der Waals surface area contributed by atoms with Crippen molar-refractivity contribution in [1.82, 2.24) is 19.5 Å². The Kier molecular flexibility index (Phi) is 7.73. The maximum absolute atomic E-state index is 12.0. The van der Waals surface area contributed by atoms with E-state index in [-0.39, 0.29) is 5.69 Å². The largest absolute Gasteiger partial charge is 0.481 e. The topological polar surface area (TPSA) is 200 Å². The third-order valence-electron chi connectivity index (χ3n) is 5.42. The number of non-ortho nitro benzene ring substituents is 1. The Hall–Kier alpha value is -3.66. The number of carboxylic acids is 1. The number of carbonyl (C=O) groups excluding carboxylic acids is 1. The minimum atomic E-state index is -1.39. The Morgan fingerprint density at radius 2 is 1.94 bits per heavy atom. The highest BCUT2D eigenvalue weighted by molar-refractivity contribution is 7.98. The van der Waals surface area contributed by atoms with E-state index >= 15 is 0 Å². The summed E-state index contributed by atoms with van der Waals surface area (Å²) in [6, 6.07) is 6.14. The maximum atomic E-state index is 12.0. The van der Waals surface area contributed by atoms with Gasteiger partial charge in [-0.05, 0) is 5.56 Å². The number of carbonyl (C=O) groups is 2. The van der Waals surface area contributed by atoms with Crippen molar-refractivity contribution < 1.29 is 39.3 Å². The summed E-state index contributed by atoms with van der Waals surface area (Å²) in [6.45, 7) is -0.553. The molecule has 1 fully saturated rings. The quantitative estimate of drug-likeness (QED) is 0.113. The predicted octanol–water partition coefficient (Wildman–Crippen LogP) is 1.05. The minimum Gasteiger partial charge on any atom is -0.481 e. The number of nitro benzene ring substituents is 1. The monoisotopic (exact) mass is 519 g/mol. The third kappa shape index (κ3) is 5.43. The summed E-state index contributed by atoms with van der Waals surface area (Å²) in [7, 11) is 0. The minimum absolute atomic E-state index is 0.00547. The molecular weight excluding hydrogens is 498 g/mol. The van der Waals surface area contributed by atoms with Crippen LogP contribution in [0.1, 0.15) is 24.6 Å². The van der Waals surface area contributed by atoms with E-state index < -0.39 is 60.9 Å². The van der Waals surface area contributed by atoms with Crippen LogP contribution in [0.15, 0.2) is 41.9 Å². The van der Waals surface area contributed by atoms with E-state index in [0.717, 1.165) is 5.56 Å². The fourth-order valence-electron chi connectivity index (χ4n) is 3.65. The number of aliphatic hydroxyl groups is 2. The number of esters is 1. The van der Waals surface area contributed by atoms with E-state index in [9.17, 15) is 29.9 Å². The summed E-state index contributed by atoms with van der Waals surface area (Å²) in [4.78, 5) is 45.8. The number of aliphatic carboxylic acids is 1. The summed E-state index contributed by atoms with van der Waals surface area (Å²) in [5.74, 6) is -1.55. The number of imidazole rings is 1. The average Bonchev–Trinajstić information content (AvgIpc) is 3.43. The molecule has 0 spiro atoms. The molecule has 190 valence electrons. The summed E-state index contributed by atoms with van der Waals surface area (Å²) < 4.78 is 12.4. The van der Waals surface area contributed by atoms with Gasteiger partial charge in [0.05, 0.1) is 30.7 Å². The molecule has 3 aromatic rings. The molecule has 4 atom stereocenters. The predicted molar refractivity (Wildman–Crippen MR) is 122 cm³/mol. The number of nitro groups is 1. The normalized spacial score (nSPS) is 21.5. The van der Waals surface area contributed by atoms with Gasteiger partial charge in [-0.1, -0.05) is 23.9 Å². The number of aliphatic hydroxyl groups excluding tert-OH is 2. The van der Waals surface area contributed by atoms with Crippen molar-refractivity contribution in [2.24, 2.45) is 0 Å². The van der Waals surface area contributed by atoms with E-state index in [0.29, 0.717) is 21.9 Å². The number of nitrogens with zero attached hydrogens (tertiary/aromatic N) is 5. The van der Waals surface area contributed by atoms with Crippen LogP contribution in [0.25, 0.3) is 11.2 Å². The van der Waals surface area contributed by atoms with Gasteiger partial charge in [0, 0.05) is 17.9 Å². The Morgan fingerprint density at radius 1 is 1.19 bits per heavy atom. The molecule has 15 heteroatoms. The number of fused-ring (bicyclic) bond motifs is 1. The Labute approximate surface area is 207 Å². The Morgan fingerprint density at radius 3 is 2.61 bits per heavy atom. The number of hydrogen-bond acceptors (Lipinski definition) is 12. The van der Waals surface area contributed by atoms with E-state index in [4.69, 9.17) is 14.6 Å². The second-order valence-corrected chi connectivity index (χ2v) is 8.77. The lowest BCUT2D eigenvalue weighted by atomic mass is 10.1. The van der Waals surface area contributed by atoms with Gasteiger partial charge < -0.3 is 24.8 Å². The van der Waals surface area contributed by atoms with Gasteiger partial charge in [-0.2, -0.15) is 0 Å². The van der Waals surface area contributed by atoms with Crippen LogP contribution in [-0.4, -0.2) is 76.6 Å². The van der Waals surface area contributed by atoms with E-state index in [2.05, 4.69) is 15.0 Å². The van der Waals surface area contributed by atoms with Gasteiger partial charge in [-0.25, -0.2) is 15.0 Å². The molecule has 3 N–H and O–H groups in total. The second-order valence-electron chi connectivity index (χ2n) is 7.80. The van der Waals surface area contributed by atoms with Gasteiger partial charge in [-0.3, -0.25) is 24.3 Å². The molecule has 0 bridgehead atoms. The van der Waals surface area contributed by atoms with Gasteiger partial charge in [0.25, 0.3) is 5.69 Å². The zero-order chi connectivity index (χ0) is 25.8. The lowest BCUT2D eigenvalue weighted by Crippen LogP contribution is -2.38. The van der Waals surface area contributed by atoms with E-state index in [1.807, 2.05) is 0 Å². The van der Waals surface area contributed by atoms with Crippen LogP contribution < -0.4 is 0 Å². The van der Waals surface area contributed by atoms with Gasteiger partial charge in [0.1, 0.15) is 29.1 Å². The molecule has 3 heterocycles. The molecule has 14 nitrogen and oxygen atoms in total. The number of aromatic nitrogens is 4. The second kappa shape index (κ2) is 10.9. The lowest BCUT2D eigenvalue weighted by Gasteiger charge is -2.19. The number of carboxylic acid groups (broad SMARTS) is 1. The number of rotatable bonds is 10. The zero-order valence-corrected chi connectivity index (χ0v) is 19.4. The first kappa shape index (κ1) is 25.4. The van der Waals surface area contributed by atoms with Crippen LogP contribution in [-0.2, 0) is 24.8 Å². The highest BCUT2D eigenvalue weighted by Gasteiger charge is 2.47. The molecular formula is C21H21N5O9S. The number of benzene rings is 1. The molecule has 0 aliphatic carbocycles. The van der Waals surface area contributed by atoms with Crippen LogP contribution >= 0.6 is 11.8 Å². The van der Waals surface area contributed by atoms with Gasteiger partial charge in [0.15, 0.2) is 18.0 Å². The Bertz CT molecular complexity index is 1270. The van der Waals surface area contributed by atoms with Gasteiger partial charge in [-0.15, -0.1) is 0 Å². The van der Waals surface area contributed by atoms with E-state index in [1.54, 1.807) is 12.1 Å². The van der Waals surface area contributed by atoms with Gasteiger partial charge >= 0.3 is 11.9 Å². The van der Waals surface area contributed by atoms with Crippen molar-refractivity contribution in [1.29, 1.82) is 0 Å². The summed E-state index contributed by atoms with van der Waals surface area (Å²) >= 11 is 1.34. The molecule has 4 rings (SSSR count). The smallest absolute Gasteiger partial charge is 0.306 e. The number of ether oxygens (including phenoxy) is 2. The number of thioether (sulfide) groups is 1. The highest BCUT2D eigenvalue weighted by atomic mass is 32.2. The molecule has 1 aliphatic rings. The molecule has 2 aromatic heterocycles. The first-order valence-electron chi connectivity index (χ1n) is 10.7. The lowest BCUT2D eigenvalue weighted by molar-refractivity contribution is -0.384. The fraction of sp³-hybridized carbons (Fsp3) is 0.381. The summed E-state index contributed by atoms with van der Waals surface area (Å²) in [5, 5.41) is 40.6. The molecule has 1 aliphatic heterocycles. The van der Waals surface area contributed by atoms with Crippen LogP contribution in [0.3, 0.4) is 0 Å².